The second-order valence-corrected chi connectivity index (χ2v) is 6.01. The molecule has 1 unspecified atom stereocenters. The highest BCUT2D eigenvalue weighted by atomic mass is 16.6. The molecule has 0 bridgehead atoms. The van der Waals surface area contributed by atoms with Crippen molar-refractivity contribution in [1.82, 2.24) is 15.7 Å². The summed E-state index contributed by atoms with van der Waals surface area (Å²) >= 11 is 0. The highest BCUT2D eigenvalue weighted by Crippen LogP contribution is 2.35. The summed E-state index contributed by atoms with van der Waals surface area (Å²) in [6.45, 7) is 5.14. The van der Waals surface area contributed by atoms with Crippen molar-refractivity contribution in [2.45, 2.75) is 32.8 Å². The Kier molecular flexibility index (Phi) is 4.70. The van der Waals surface area contributed by atoms with Crippen LogP contribution < -0.4 is 5.43 Å². The summed E-state index contributed by atoms with van der Waals surface area (Å²) in [6, 6.07) is 5.19. The third kappa shape index (κ3) is 3.03. The maximum atomic E-state index is 12.6. The topological polar surface area (TPSA) is 116 Å². The number of hydrazone groups is 1. The molecule has 2 heterocycles. The normalized spacial score (nSPS) is 17.1. The number of benzene rings is 1. The fraction of sp³-hybridized carbons (Fsp3) is 0.353. The van der Waals surface area contributed by atoms with Crippen LogP contribution in [0.15, 0.2) is 39.2 Å². The van der Waals surface area contributed by atoms with Gasteiger partial charge in [-0.1, -0.05) is 12.1 Å². The molecule has 0 spiro atoms. The molecular weight excluding hydrogens is 340 g/mol. The van der Waals surface area contributed by atoms with Gasteiger partial charge in [-0.25, -0.2) is 14.2 Å². The van der Waals surface area contributed by atoms with Gasteiger partial charge in [0.2, 0.25) is 0 Å². The van der Waals surface area contributed by atoms with Crippen molar-refractivity contribution >= 4 is 28.7 Å². The molecule has 1 aliphatic rings. The van der Waals surface area contributed by atoms with Crippen molar-refractivity contribution < 1.29 is 23.7 Å². The zero-order valence-electron chi connectivity index (χ0n) is 14.8. The van der Waals surface area contributed by atoms with E-state index >= 15 is 0 Å². The van der Waals surface area contributed by atoms with Crippen LogP contribution in [0.1, 0.15) is 32.3 Å². The molecule has 26 heavy (non-hydrogen) atoms. The van der Waals surface area contributed by atoms with Crippen LogP contribution in [-0.4, -0.2) is 41.2 Å². The standard InChI is InChI=1S/C17H18N4O5/c1-8(2)25-17(23)15-13(12(16(22)24-4)9(3)18-19-15)10-6-5-7-11-14(10)21-26-20-11/h5-8,13,18H,1-4H3. The van der Waals surface area contributed by atoms with Crippen molar-refractivity contribution in [2.75, 3.05) is 7.11 Å². The number of aromatic nitrogens is 2. The monoisotopic (exact) mass is 358 g/mol. The molecule has 3 rings (SSSR count). The number of fused-ring (bicyclic) bond motifs is 1. The summed E-state index contributed by atoms with van der Waals surface area (Å²) < 4.78 is 15.0. The quantitative estimate of drug-likeness (QED) is 0.821. The molecule has 0 fully saturated rings. The Hall–Kier alpha value is -3.23. The molecule has 0 aliphatic carbocycles. The predicted octanol–water partition coefficient (Wildman–Crippen LogP) is 1.66. The van der Waals surface area contributed by atoms with Gasteiger partial charge in [0.15, 0.2) is 5.71 Å². The minimum Gasteiger partial charge on any atom is -0.466 e. The van der Waals surface area contributed by atoms with E-state index in [0.717, 1.165) is 0 Å². The van der Waals surface area contributed by atoms with Crippen LogP contribution in [0.25, 0.3) is 11.0 Å². The summed E-state index contributed by atoms with van der Waals surface area (Å²) in [7, 11) is 1.27. The van der Waals surface area contributed by atoms with Gasteiger partial charge in [0.05, 0.1) is 24.7 Å². The molecule has 1 aromatic heterocycles. The lowest BCUT2D eigenvalue weighted by Crippen LogP contribution is -2.36. The fourth-order valence-corrected chi connectivity index (χ4v) is 2.80. The van der Waals surface area contributed by atoms with Crippen LogP contribution in [-0.2, 0) is 19.1 Å². The van der Waals surface area contributed by atoms with Gasteiger partial charge in [-0.15, -0.1) is 0 Å². The van der Waals surface area contributed by atoms with Crippen LogP contribution in [0, 0.1) is 0 Å². The van der Waals surface area contributed by atoms with E-state index in [4.69, 9.17) is 14.1 Å². The van der Waals surface area contributed by atoms with Crippen molar-refractivity contribution in [2.24, 2.45) is 5.10 Å². The summed E-state index contributed by atoms with van der Waals surface area (Å²) in [5, 5.41) is 11.8. The fourth-order valence-electron chi connectivity index (χ4n) is 2.80. The number of carbonyl (C=O) groups is 2. The van der Waals surface area contributed by atoms with E-state index in [0.29, 0.717) is 22.3 Å². The van der Waals surface area contributed by atoms with Crippen molar-refractivity contribution in [3.63, 3.8) is 0 Å². The van der Waals surface area contributed by atoms with E-state index in [2.05, 4.69) is 20.8 Å². The highest BCUT2D eigenvalue weighted by Gasteiger charge is 2.39. The van der Waals surface area contributed by atoms with E-state index in [9.17, 15) is 9.59 Å². The number of carbonyl (C=O) groups excluding carboxylic acids is 2. The van der Waals surface area contributed by atoms with Crippen LogP contribution in [0.4, 0.5) is 0 Å². The molecule has 9 nitrogen and oxygen atoms in total. The first-order chi connectivity index (χ1) is 12.4. The smallest absolute Gasteiger partial charge is 0.355 e. The van der Waals surface area contributed by atoms with Gasteiger partial charge < -0.3 is 9.47 Å². The number of rotatable bonds is 4. The molecule has 9 heteroatoms. The van der Waals surface area contributed by atoms with Gasteiger partial charge in [-0.2, -0.15) is 5.10 Å². The van der Waals surface area contributed by atoms with Gasteiger partial charge in [-0.3, -0.25) is 5.43 Å². The number of esters is 2. The van der Waals surface area contributed by atoms with Crippen LogP contribution in [0.3, 0.4) is 0 Å². The predicted molar refractivity (Wildman–Crippen MR) is 91.1 cm³/mol. The molecule has 1 aromatic carbocycles. The van der Waals surface area contributed by atoms with Crippen molar-refractivity contribution in [1.29, 1.82) is 0 Å². The zero-order valence-corrected chi connectivity index (χ0v) is 14.8. The Morgan fingerprint density at radius 2 is 2.00 bits per heavy atom. The van der Waals surface area contributed by atoms with E-state index < -0.39 is 17.9 Å². The summed E-state index contributed by atoms with van der Waals surface area (Å²) in [6.07, 6.45) is -0.344. The van der Waals surface area contributed by atoms with Crippen LogP contribution in [0.5, 0.6) is 0 Å². The average molecular weight is 358 g/mol. The molecule has 1 aliphatic heterocycles. The summed E-state index contributed by atoms with van der Waals surface area (Å²) in [5.41, 5.74) is 4.92. The third-order valence-electron chi connectivity index (χ3n) is 3.90. The van der Waals surface area contributed by atoms with Gasteiger partial charge >= 0.3 is 11.9 Å². The molecule has 136 valence electrons. The minimum absolute atomic E-state index is 0.0280. The minimum atomic E-state index is -0.828. The Morgan fingerprint density at radius 3 is 2.69 bits per heavy atom. The van der Waals surface area contributed by atoms with Crippen LogP contribution in [0.2, 0.25) is 0 Å². The number of nitrogens with one attached hydrogen (secondary N) is 1. The second-order valence-electron chi connectivity index (χ2n) is 6.01. The van der Waals surface area contributed by atoms with Gasteiger partial charge in [0.25, 0.3) is 0 Å². The van der Waals surface area contributed by atoms with Gasteiger partial charge in [0, 0.05) is 5.70 Å². The lowest BCUT2D eigenvalue weighted by Gasteiger charge is -2.26. The van der Waals surface area contributed by atoms with E-state index in [1.165, 1.54) is 7.11 Å². The summed E-state index contributed by atoms with van der Waals surface area (Å²) in [4.78, 5) is 25.0. The Bertz CT molecular complexity index is 928. The molecule has 0 amide bonds. The average Bonchev–Trinajstić information content (AvgIpc) is 3.08. The Morgan fingerprint density at radius 1 is 1.23 bits per heavy atom. The second kappa shape index (κ2) is 6.95. The van der Waals surface area contributed by atoms with E-state index in [-0.39, 0.29) is 17.4 Å². The lowest BCUT2D eigenvalue weighted by molar-refractivity contribution is -0.139. The first-order valence-electron chi connectivity index (χ1n) is 7.98. The van der Waals surface area contributed by atoms with Crippen molar-refractivity contribution in [3.8, 4) is 0 Å². The number of ether oxygens (including phenoxy) is 2. The van der Waals surface area contributed by atoms with E-state index in [1.807, 2.05) is 0 Å². The third-order valence-corrected chi connectivity index (χ3v) is 3.90. The highest BCUT2D eigenvalue weighted by molar-refractivity contribution is 6.40. The van der Waals surface area contributed by atoms with Gasteiger partial charge in [0.1, 0.15) is 11.0 Å². The van der Waals surface area contributed by atoms with Crippen molar-refractivity contribution in [3.05, 3.63) is 35.0 Å². The number of allylic oxidation sites excluding steroid dienone is 1. The van der Waals surface area contributed by atoms with Crippen LogP contribution >= 0.6 is 0 Å². The maximum absolute atomic E-state index is 12.6. The molecule has 0 radical (unpaired) electrons. The molecule has 1 N–H and O–H groups in total. The number of hydrogen-bond acceptors (Lipinski definition) is 9. The zero-order chi connectivity index (χ0) is 18.8. The van der Waals surface area contributed by atoms with E-state index in [1.54, 1.807) is 39.0 Å². The molecular formula is C17H18N4O5. The largest absolute Gasteiger partial charge is 0.466 e. The first-order valence-corrected chi connectivity index (χ1v) is 7.98. The number of hydrogen-bond donors (Lipinski definition) is 1. The summed E-state index contributed by atoms with van der Waals surface area (Å²) in [5.74, 6) is -2.05. The maximum Gasteiger partial charge on any atom is 0.355 e. The Labute approximate surface area is 149 Å². The molecule has 1 atom stereocenters. The Balaban J connectivity index is 2.19. The first kappa shape index (κ1) is 17.6. The molecule has 0 saturated heterocycles. The number of nitrogens with zero attached hydrogens (tertiary/aromatic N) is 3. The molecule has 2 aromatic rings. The van der Waals surface area contributed by atoms with Gasteiger partial charge in [-0.05, 0) is 42.7 Å². The lowest BCUT2D eigenvalue weighted by atomic mass is 9.84. The molecule has 0 saturated carbocycles. The number of methoxy groups -OCH3 is 1. The SMILES string of the molecule is COC(=O)C1=C(C)NN=C(C(=O)OC(C)C)C1c1cccc2nonc12.